The maximum absolute atomic E-state index is 12.9. The van der Waals surface area contributed by atoms with Crippen molar-refractivity contribution in [1.29, 1.82) is 0 Å². The van der Waals surface area contributed by atoms with Crippen LogP contribution in [-0.2, 0) is 30.7 Å². The topological polar surface area (TPSA) is 102 Å². The second kappa shape index (κ2) is 8.81. The monoisotopic (exact) mass is 480 g/mol. The lowest BCUT2D eigenvalue weighted by Crippen LogP contribution is -2.49. The van der Waals surface area contributed by atoms with Gasteiger partial charge in [0.1, 0.15) is 4.90 Å². The number of benzene rings is 1. The Bertz CT molecular complexity index is 1370. The third-order valence-electron chi connectivity index (χ3n) is 5.84. The van der Waals surface area contributed by atoms with Gasteiger partial charge >= 0.3 is 5.69 Å². The smallest absolute Gasteiger partial charge is 0.328 e. The van der Waals surface area contributed by atoms with Gasteiger partial charge in [0, 0.05) is 46.8 Å². The molecule has 0 bridgehead atoms. The molecular formula is C20H25ClN6O4S. The third-order valence-corrected chi connectivity index (χ3v) is 8.24. The molecule has 10 nitrogen and oxygen atoms in total. The average molecular weight is 481 g/mol. The Kier molecular flexibility index (Phi) is 6.26. The summed E-state index contributed by atoms with van der Waals surface area (Å²) in [5.41, 5.74) is 0.0238. The molecule has 0 radical (unpaired) electrons. The van der Waals surface area contributed by atoms with Crippen LogP contribution in [-0.4, -0.2) is 69.0 Å². The Hall–Kier alpha value is -2.47. The zero-order valence-electron chi connectivity index (χ0n) is 17.9. The quantitative estimate of drug-likeness (QED) is 0.508. The molecule has 0 N–H and O–H groups in total. The van der Waals surface area contributed by atoms with Gasteiger partial charge in [-0.2, -0.15) is 4.31 Å². The molecule has 1 aromatic carbocycles. The molecule has 2 aromatic heterocycles. The lowest BCUT2D eigenvalue weighted by atomic mass is 10.3. The van der Waals surface area contributed by atoms with Crippen LogP contribution in [0.25, 0.3) is 11.2 Å². The molecule has 1 aliphatic rings. The number of hydrogen-bond donors (Lipinski definition) is 0. The van der Waals surface area contributed by atoms with E-state index >= 15 is 0 Å². The highest BCUT2D eigenvalue weighted by Gasteiger charge is 2.29. The van der Waals surface area contributed by atoms with Gasteiger partial charge in [0.15, 0.2) is 11.2 Å². The van der Waals surface area contributed by atoms with E-state index in [9.17, 15) is 18.0 Å². The van der Waals surface area contributed by atoms with Crippen LogP contribution in [0.3, 0.4) is 0 Å². The number of aryl methyl sites for hydroxylation is 2. The number of piperazine rings is 1. The third kappa shape index (κ3) is 4.01. The predicted molar refractivity (Wildman–Crippen MR) is 121 cm³/mol. The van der Waals surface area contributed by atoms with Crippen molar-refractivity contribution in [2.24, 2.45) is 14.1 Å². The zero-order valence-corrected chi connectivity index (χ0v) is 19.5. The molecule has 12 heteroatoms. The van der Waals surface area contributed by atoms with Crippen LogP contribution in [0, 0.1) is 0 Å². The van der Waals surface area contributed by atoms with Crippen molar-refractivity contribution in [2.45, 2.75) is 17.9 Å². The Labute approximate surface area is 190 Å². The highest BCUT2D eigenvalue weighted by Crippen LogP contribution is 2.25. The van der Waals surface area contributed by atoms with E-state index in [1.54, 1.807) is 36.9 Å². The predicted octanol–water partition coefficient (Wildman–Crippen LogP) is 0.484. The van der Waals surface area contributed by atoms with Crippen LogP contribution >= 0.6 is 11.6 Å². The Morgan fingerprint density at radius 2 is 1.72 bits per heavy atom. The largest absolute Gasteiger partial charge is 0.332 e. The van der Waals surface area contributed by atoms with Gasteiger partial charge in [0.2, 0.25) is 10.0 Å². The number of hydrogen-bond acceptors (Lipinski definition) is 6. The maximum atomic E-state index is 12.9. The fourth-order valence-corrected chi connectivity index (χ4v) is 5.95. The van der Waals surface area contributed by atoms with Crippen molar-refractivity contribution in [3.63, 3.8) is 0 Å². The van der Waals surface area contributed by atoms with Crippen molar-refractivity contribution < 1.29 is 8.42 Å². The Morgan fingerprint density at radius 3 is 2.41 bits per heavy atom. The minimum atomic E-state index is -3.64. The van der Waals surface area contributed by atoms with Gasteiger partial charge in [0.25, 0.3) is 5.56 Å². The molecule has 0 saturated carbocycles. The number of sulfonamides is 1. The molecule has 1 fully saturated rings. The summed E-state index contributed by atoms with van der Waals surface area (Å²) < 4.78 is 31.4. The Balaban J connectivity index is 1.38. The summed E-state index contributed by atoms with van der Waals surface area (Å²) in [5.74, 6) is 0. The molecule has 4 rings (SSSR count). The van der Waals surface area contributed by atoms with Gasteiger partial charge in [-0.05, 0) is 25.1 Å². The van der Waals surface area contributed by atoms with E-state index in [1.807, 2.05) is 0 Å². The van der Waals surface area contributed by atoms with Gasteiger partial charge in [0.05, 0.1) is 11.3 Å². The summed E-state index contributed by atoms with van der Waals surface area (Å²) in [7, 11) is -0.311. The number of halogens is 1. The van der Waals surface area contributed by atoms with E-state index < -0.39 is 15.7 Å². The molecule has 32 heavy (non-hydrogen) atoms. The van der Waals surface area contributed by atoms with E-state index in [4.69, 9.17) is 11.6 Å². The van der Waals surface area contributed by atoms with Gasteiger partial charge < -0.3 is 9.47 Å². The van der Waals surface area contributed by atoms with Crippen LogP contribution < -0.4 is 11.2 Å². The highest BCUT2D eigenvalue weighted by molar-refractivity contribution is 7.89. The lowest BCUT2D eigenvalue weighted by molar-refractivity contribution is 0.184. The van der Waals surface area contributed by atoms with Crippen LogP contribution in [0.2, 0.25) is 5.02 Å². The van der Waals surface area contributed by atoms with E-state index in [2.05, 4.69) is 9.88 Å². The molecule has 1 saturated heterocycles. The minimum absolute atomic E-state index is 0.121. The van der Waals surface area contributed by atoms with Crippen molar-refractivity contribution >= 4 is 32.8 Å². The second-order valence-electron chi connectivity index (χ2n) is 7.86. The first-order chi connectivity index (χ1) is 15.2. The molecule has 1 aliphatic heterocycles. The van der Waals surface area contributed by atoms with E-state index in [0.717, 1.165) is 0 Å². The molecule has 3 heterocycles. The van der Waals surface area contributed by atoms with E-state index in [1.165, 1.54) is 25.8 Å². The summed E-state index contributed by atoms with van der Waals surface area (Å²) in [6.45, 7) is 2.78. The molecule has 0 amide bonds. The number of imidazole rings is 1. The maximum Gasteiger partial charge on any atom is 0.332 e. The van der Waals surface area contributed by atoms with Crippen LogP contribution in [0.1, 0.15) is 6.42 Å². The van der Waals surface area contributed by atoms with Crippen molar-refractivity contribution in [1.82, 2.24) is 27.9 Å². The first kappa shape index (κ1) is 22.7. The SMILES string of the molecule is Cn1cnc2c1c(=O)n(CCCN1CCN(S(=O)(=O)c3ccccc3Cl)CC1)c(=O)n2C. The summed E-state index contributed by atoms with van der Waals surface area (Å²) in [6.07, 6.45) is 2.11. The fourth-order valence-electron chi connectivity index (χ4n) is 4.03. The number of nitrogens with zero attached hydrogens (tertiary/aromatic N) is 6. The molecule has 0 unspecified atom stereocenters. The molecular weight excluding hydrogens is 456 g/mol. The summed E-state index contributed by atoms with van der Waals surface area (Å²) >= 11 is 6.08. The molecule has 3 aromatic rings. The summed E-state index contributed by atoms with van der Waals surface area (Å²) in [4.78, 5) is 31.7. The van der Waals surface area contributed by atoms with Crippen molar-refractivity contribution in [3.05, 3.63) is 56.5 Å². The highest BCUT2D eigenvalue weighted by atomic mass is 35.5. The van der Waals surface area contributed by atoms with Gasteiger partial charge in [-0.3, -0.25) is 13.9 Å². The summed E-state index contributed by atoms with van der Waals surface area (Å²) in [5, 5.41) is 0.215. The summed E-state index contributed by atoms with van der Waals surface area (Å²) in [6, 6.07) is 6.44. The minimum Gasteiger partial charge on any atom is -0.328 e. The first-order valence-electron chi connectivity index (χ1n) is 10.3. The lowest BCUT2D eigenvalue weighted by Gasteiger charge is -2.34. The van der Waals surface area contributed by atoms with Crippen LogP contribution in [0.4, 0.5) is 0 Å². The molecule has 0 aliphatic carbocycles. The number of rotatable bonds is 6. The first-order valence-corrected chi connectivity index (χ1v) is 12.1. The van der Waals surface area contributed by atoms with Crippen LogP contribution in [0.15, 0.2) is 45.1 Å². The molecule has 0 spiro atoms. The normalized spacial score (nSPS) is 16.1. The van der Waals surface area contributed by atoms with Crippen molar-refractivity contribution in [3.8, 4) is 0 Å². The van der Waals surface area contributed by atoms with E-state index in [-0.39, 0.29) is 22.0 Å². The molecule has 172 valence electrons. The number of aromatic nitrogens is 4. The van der Waals surface area contributed by atoms with Crippen molar-refractivity contribution in [2.75, 3.05) is 32.7 Å². The van der Waals surface area contributed by atoms with Gasteiger partial charge in [-0.25, -0.2) is 18.2 Å². The van der Waals surface area contributed by atoms with Gasteiger partial charge in [-0.1, -0.05) is 23.7 Å². The fraction of sp³-hybridized carbons (Fsp3) is 0.450. The second-order valence-corrected chi connectivity index (χ2v) is 10.2. The van der Waals surface area contributed by atoms with Crippen LogP contribution in [0.5, 0.6) is 0 Å². The zero-order chi connectivity index (χ0) is 23.0. The number of fused-ring (bicyclic) bond motifs is 1. The standard InChI is InChI=1S/C20H25ClN6O4S/c1-23-14-22-18-17(23)19(28)27(20(29)24(18)2)9-5-8-25-10-12-26(13-11-25)32(30,31)16-7-4-3-6-15(16)21/h3-4,6-7,14H,5,8-13H2,1-2H3. The Morgan fingerprint density at radius 1 is 1.03 bits per heavy atom. The van der Waals surface area contributed by atoms with Gasteiger partial charge in [-0.15, -0.1) is 0 Å². The average Bonchev–Trinajstić information content (AvgIpc) is 3.17. The van der Waals surface area contributed by atoms with E-state index in [0.29, 0.717) is 50.3 Å². The molecule has 0 atom stereocenters.